The molecule has 24 heavy (non-hydrogen) atoms. The lowest BCUT2D eigenvalue weighted by molar-refractivity contribution is -0.384. The molecule has 7 heteroatoms. The van der Waals surface area contributed by atoms with Crippen molar-refractivity contribution in [2.24, 2.45) is 0 Å². The molecule has 0 N–H and O–H groups in total. The van der Waals surface area contributed by atoms with E-state index in [2.05, 4.69) is 0 Å². The van der Waals surface area contributed by atoms with E-state index in [9.17, 15) is 19.7 Å². The zero-order valence-corrected chi connectivity index (χ0v) is 13.6. The number of Topliss-reactive ketones (excluding diaryl/α,β-unsaturated/α-hetero) is 1. The summed E-state index contributed by atoms with van der Waals surface area (Å²) < 4.78 is 0. The average molecular weight is 331 g/mol. The van der Waals surface area contributed by atoms with Crippen molar-refractivity contribution in [2.45, 2.75) is 32.1 Å². The molecule has 7 nitrogen and oxygen atoms in total. The van der Waals surface area contributed by atoms with E-state index in [1.54, 1.807) is 17.0 Å². The zero-order valence-electron chi connectivity index (χ0n) is 13.6. The number of nitro groups is 1. The van der Waals surface area contributed by atoms with E-state index in [-0.39, 0.29) is 17.4 Å². The zero-order chi connectivity index (χ0) is 17.1. The standard InChI is InChI=1S/C17H21N3O4/c21-14-6-10-19(11-7-14)17(22)13-4-5-15(16(12-13)20(23)24)18-8-2-1-3-9-18/h4-5,12H,1-3,6-11H2. The van der Waals surface area contributed by atoms with E-state index in [0.717, 1.165) is 32.4 Å². The van der Waals surface area contributed by atoms with E-state index in [0.29, 0.717) is 37.2 Å². The summed E-state index contributed by atoms with van der Waals surface area (Å²) >= 11 is 0. The number of hydrogen-bond acceptors (Lipinski definition) is 5. The van der Waals surface area contributed by atoms with Crippen LogP contribution in [0.5, 0.6) is 0 Å². The molecule has 0 aliphatic carbocycles. The maximum absolute atomic E-state index is 12.5. The molecule has 3 rings (SSSR count). The largest absolute Gasteiger partial charge is 0.366 e. The minimum Gasteiger partial charge on any atom is -0.366 e. The lowest BCUT2D eigenvalue weighted by Crippen LogP contribution is -2.38. The number of rotatable bonds is 3. The molecule has 0 saturated carbocycles. The van der Waals surface area contributed by atoms with Gasteiger partial charge in [0.05, 0.1) is 4.92 Å². The van der Waals surface area contributed by atoms with Crippen molar-refractivity contribution in [2.75, 3.05) is 31.1 Å². The van der Waals surface area contributed by atoms with Gasteiger partial charge in [0.25, 0.3) is 11.6 Å². The number of nitro benzene ring substituents is 1. The first kappa shape index (κ1) is 16.4. The van der Waals surface area contributed by atoms with Crippen molar-refractivity contribution in [3.8, 4) is 0 Å². The van der Waals surface area contributed by atoms with E-state index >= 15 is 0 Å². The summed E-state index contributed by atoms with van der Waals surface area (Å²) in [4.78, 5) is 38.5. The first-order valence-electron chi connectivity index (χ1n) is 8.40. The Morgan fingerprint density at radius 3 is 2.33 bits per heavy atom. The number of piperidine rings is 2. The van der Waals surface area contributed by atoms with Gasteiger partial charge in [0.2, 0.25) is 0 Å². The van der Waals surface area contributed by atoms with Gasteiger partial charge in [-0.1, -0.05) is 0 Å². The molecule has 2 heterocycles. The molecule has 1 aromatic rings. The van der Waals surface area contributed by atoms with Crippen molar-refractivity contribution >= 4 is 23.1 Å². The van der Waals surface area contributed by atoms with Crippen LogP contribution in [0.15, 0.2) is 18.2 Å². The summed E-state index contributed by atoms with van der Waals surface area (Å²) in [5.74, 6) is -0.0822. The number of benzene rings is 1. The molecule has 2 aliphatic rings. The highest BCUT2D eigenvalue weighted by atomic mass is 16.6. The second-order valence-corrected chi connectivity index (χ2v) is 6.34. The number of carbonyl (C=O) groups excluding carboxylic acids is 2. The molecule has 0 unspecified atom stereocenters. The first-order valence-corrected chi connectivity index (χ1v) is 8.40. The highest BCUT2D eigenvalue weighted by Crippen LogP contribution is 2.31. The maximum Gasteiger partial charge on any atom is 0.293 e. The molecule has 0 radical (unpaired) electrons. The summed E-state index contributed by atoms with van der Waals surface area (Å²) in [6.45, 7) is 2.39. The van der Waals surface area contributed by atoms with Crippen LogP contribution in [-0.2, 0) is 4.79 Å². The van der Waals surface area contributed by atoms with Gasteiger partial charge in [0.15, 0.2) is 0 Å². The number of likely N-dealkylation sites (tertiary alicyclic amines) is 1. The molecule has 2 aliphatic heterocycles. The van der Waals surface area contributed by atoms with Gasteiger partial charge in [-0.3, -0.25) is 19.7 Å². The Kier molecular flexibility index (Phi) is 4.78. The van der Waals surface area contributed by atoms with Crippen LogP contribution in [0, 0.1) is 10.1 Å². The van der Waals surface area contributed by atoms with Gasteiger partial charge >= 0.3 is 0 Å². The topological polar surface area (TPSA) is 83.8 Å². The maximum atomic E-state index is 12.5. The normalized spacial score (nSPS) is 18.6. The van der Waals surface area contributed by atoms with Crippen LogP contribution in [0.1, 0.15) is 42.5 Å². The van der Waals surface area contributed by atoms with Crippen LogP contribution in [0.2, 0.25) is 0 Å². The molecule has 0 spiro atoms. The van der Waals surface area contributed by atoms with E-state index in [1.807, 2.05) is 4.90 Å². The predicted molar refractivity (Wildman–Crippen MR) is 89.3 cm³/mol. The molecule has 0 atom stereocenters. The predicted octanol–water partition coefficient (Wildman–Crippen LogP) is 2.39. The number of carbonyl (C=O) groups is 2. The molecule has 1 aromatic carbocycles. The Balaban J connectivity index is 1.84. The Morgan fingerprint density at radius 2 is 1.71 bits per heavy atom. The number of hydrogen-bond donors (Lipinski definition) is 0. The van der Waals surface area contributed by atoms with Gasteiger partial charge in [-0.15, -0.1) is 0 Å². The fourth-order valence-electron chi connectivity index (χ4n) is 3.35. The molecular formula is C17H21N3O4. The van der Waals surface area contributed by atoms with Gasteiger partial charge in [-0.05, 0) is 31.4 Å². The third kappa shape index (κ3) is 3.39. The summed E-state index contributed by atoms with van der Waals surface area (Å²) in [6, 6.07) is 4.73. The van der Waals surface area contributed by atoms with Gasteiger partial charge in [-0.25, -0.2) is 0 Å². The smallest absolute Gasteiger partial charge is 0.293 e. The summed E-state index contributed by atoms with van der Waals surface area (Å²) in [5, 5.41) is 11.5. The number of nitrogens with zero attached hydrogens (tertiary/aromatic N) is 3. The molecule has 2 fully saturated rings. The third-order valence-corrected chi connectivity index (χ3v) is 4.72. The Hall–Kier alpha value is -2.44. The second-order valence-electron chi connectivity index (χ2n) is 6.34. The van der Waals surface area contributed by atoms with Crippen molar-refractivity contribution in [1.82, 2.24) is 4.90 Å². The summed E-state index contributed by atoms with van der Waals surface area (Å²) in [5.41, 5.74) is 0.887. The lowest BCUT2D eigenvalue weighted by Gasteiger charge is -2.29. The van der Waals surface area contributed by atoms with Gasteiger partial charge in [-0.2, -0.15) is 0 Å². The van der Waals surface area contributed by atoms with Crippen LogP contribution in [0.25, 0.3) is 0 Å². The van der Waals surface area contributed by atoms with Crippen molar-refractivity contribution in [3.63, 3.8) is 0 Å². The number of ketones is 1. The minimum absolute atomic E-state index is 0.0177. The van der Waals surface area contributed by atoms with E-state index in [4.69, 9.17) is 0 Å². The molecule has 1 amide bonds. The van der Waals surface area contributed by atoms with Crippen LogP contribution in [0.4, 0.5) is 11.4 Å². The minimum atomic E-state index is -0.416. The third-order valence-electron chi connectivity index (χ3n) is 4.72. The van der Waals surface area contributed by atoms with Crippen molar-refractivity contribution < 1.29 is 14.5 Å². The molecule has 2 saturated heterocycles. The van der Waals surface area contributed by atoms with Crippen molar-refractivity contribution in [3.05, 3.63) is 33.9 Å². The SMILES string of the molecule is O=C1CCN(C(=O)c2ccc(N3CCCCC3)c([N+](=O)[O-])c2)CC1. The van der Waals surface area contributed by atoms with Crippen molar-refractivity contribution in [1.29, 1.82) is 0 Å². The highest BCUT2D eigenvalue weighted by Gasteiger charge is 2.26. The fraction of sp³-hybridized carbons (Fsp3) is 0.529. The van der Waals surface area contributed by atoms with Crippen LogP contribution >= 0.6 is 0 Å². The van der Waals surface area contributed by atoms with Crippen LogP contribution in [-0.4, -0.2) is 47.7 Å². The summed E-state index contributed by atoms with van der Waals surface area (Å²) in [7, 11) is 0. The van der Waals surface area contributed by atoms with E-state index < -0.39 is 4.92 Å². The highest BCUT2D eigenvalue weighted by molar-refractivity contribution is 5.96. The Labute approximate surface area is 140 Å². The average Bonchev–Trinajstić information content (AvgIpc) is 2.62. The monoisotopic (exact) mass is 331 g/mol. The quantitative estimate of drug-likeness (QED) is 0.627. The van der Waals surface area contributed by atoms with E-state index in [1.165, 1.54) is 6.07 Å². The summed E-state index contributed by atoms with van der Waals surface area (Å²) in [6.07, 6.45) is 3.92. The van der Waals surface area contributed by atoms with Crippen LogP contribution in [0.3, 0.4) is 0 Å². The van der Waals surface area contributed by atoms with Gasteiger partial charge in [0, 0.05) is 50.7 Å². The Bertz CT molecular complexity index is 658. The number of amides is 1. The molecular weight excluding hydrogens is 310 g/mol. The molecule has 128 valence electrons. The lowest BCUT2D eigenvalue weighted by atomic mass is 10.1. The van der Waals surface area contributed by atoms with Gasteiger partial charge < -0.3 is 9.80 Å². The molecule has 0 aromatic heterocycles. The second kappa shape index (κ2) is 6.98. The number of anilines is 1. The van der Waals surface area contributed by atoms with Crippen LogP contribution < -0.4 is 4.90 Å². The fourth-order valence-corrected chi connectivity index (χ4v) is 3.35. The molecule has 0 bridgehead atoms. The Morgan fingerprint density at radius 1 is 1.04 bits per heavy atom. The first-order chi connectivity index (χ1) is 11.6. The van der Waals surface area contributed by atoms with Gasteiger partial charge in [0.1, 0.15) is 11.5 Å².